The number of carboxylic acids is 1. The Morgan fingerprint density at radius 2 is 1.71 bits per heavy atom. The molecular formula is C23H33N3O8S. The van der Waals surface area contributed by atoms with E-state index in [1.165, 1.54) is 4.90 Å². The summed E-state index contributed by atoms with van der Waals surface area (Å²) >= 11 is 0. The molecule has 2 saturated heterocycles. The third-order valence-corrected chi connectivity index (χ3v) is 7.17. The van der Waals surface area contributed by atoms with Crippen molar-refractivity contribution in [1.82, 2.24) is 9.96 Å². The number of hydrogen-bond donors (Lipinski definition) is 2. The number of aliphatic carboxylic acids is 1. The number of nitrogens with two attached hydrogens (primary N) is 1. The molecule has 0 aliphatic carbocycles. The molecule has 2 aliphatic rings. The molecule has 2 fully saturated rings. The molecule has 0 spiro atoms. The average molecular weight is 512 g/mol. The van der Waals surface area contributed by atoms with E-state index in [0.29, 0.717) is 25.7 Å². The van der Waals surface area contributed by atoms with Gasteiger partial charge in [-0.05, 0) is 56.1 Å². The maximum Gasteiger partial charge on any atom is 0.421 e. The number of carbonyl (C=O) groups excluding carboxylic acids is 2. The van der Waals surface area contributed by atoms with Gasteiger partial charge in [-0.2, -0.15) is 13.5 Å². The summed E-state index contributed by atoms with van der Waals surface area (Å²) in [7, 11) is -4.57. The molecular weight excluding hydrogens is 478 g/mol. The number of primary amides is 1. The Kier molecular flexibility index (Phi) is 7.49. The van der Waals surface area contributed by atoms with E-state index in [4.69, 9.17) is 14.2 Å². The topological polar surface area (TPSA) is 157 Å². The standard InChI is InChI=1S/C23H33N3O8S/c1-22(2,11-15-7-5-6-8-16(15)12-23(3,4)20(28)29)14-33-35(31,32)34-26-17-9-10-18(19(24)27)25(13-17)21(26)30/h5-8,17-18H,9-14H2,1-4H3,(H2,24,27)(H,28,29)/t17-,18+/m1/s1. The Hall–Kier alpha value is -2.70. The first kappa shape index (κ1) is 26.9. The van der Waals surface area contributed by atoms with Crippen LogP contribution >= 0.6 is 0 Å². The lowest BCUT2D eigenvalue weighted by Crippen LogP contribution is -2.47. The second kappa shape index (κ2) is 9.75. The SMILES string of the molecule is CC(C)(COS(=O)(=O)ON1C(=O)N2C[C@H]1CC[C@H]2C(N)=O)Cc1ccccc1CC(C)(C)C(=O)O. The van der Waals surface area contributed by atoms with E-state index in [1.54, 1.807) is 13.8 Å². The molecule has 3 amide bonds. The minimum Gasteiger partial charge on any atom is -0.481 e. The van der Waals surface area contributed by atoms with E-state index in [9.17, 15) is 27.9 Å². The van der Waals surface area contributed by atoms with E-state index in [0.717, 1.165) is 16.2 Å². The molecule has 194 valence electrons. The Labute approximate surface area is 205 Å². The molecule has 1 aromatic rings. The van der Waals surface area contributed by atoms with Gasteiger partial charge in [0.05, 0.1) is 18.1 Å². The minimum absolute atomic E-state index is 0.150. The molecule has 12 heteroatoms. The molecule has 2 bridgehead atoms. The number of fused-ring (bicyclic) bond motifs is 2. The maximum atomic E-state index is 12.6. The molecule has 35 heavy (non-hydrogen) atoms. The number of carbonyl (C=O) groups is 3. The van der Waals surface area contributed by atoms with Crippen LogP contribution in [-0.4, -0.2) is 66.6 Å². The van der Waals surface area contributed by atoms with Crippen molar-refractivity contribution in [1.29, 1.82) is 0 Å². The van der Waals surface area contributed by atoms with Gasteiger partial charge < -0.3 is 15.7 Å². The van der Waals surface area contributed by atoms with Gasteiger partial charge >= 0.3 is 22.4 Å². The quantitative estimate of drug-likeness (QED) is 0.456. The highest BCUT2D eigenvalue weighted by Crippen LogP contribution is 2.32. The third kappa shape index (κ3) is 6.30. The number of urea groups is 1. The Balaban J connectivity index is 1.64. The van der Waals surface area contributed by atoms with Crippen LogP contribution in [0.4, 0.5) is 4.79 Å². The number of nitrogens with zero attached hydrogens (tertiary/aromatic N) is 2. The van der Waals surface area contributed by atoms with Crippen molar-refractivity contribution in [2.45, 2.75) is 65.5 Å². The van der Waals surface area contributed by atoms with Crippen molar-refractivity contribution in [3.63, 3.8) is 0 Å². The van der Waals surface area contributed by atoms with Crippen LogP contribution in [0, 0.1) is 10.8 Å². The van der Waals surface area contributed by atoms with Crippen molar-refractivity contribution in [3.8, 4) is 0 Å². The molecule has 2 atom stereocenters. The van der Waals surface area contributed by atoms with Gasteiger partial charge in [0, 0.05) is 6.54 Å². The summed E-state index contributed by atoms with van der Waals surface area (Å²) in [5.74, 6) is -1.55. The zero-order chi connectivity index (χ0) is 26.2. The highest BCUT2D eigenvalue weighted by atomic mass is 32.3. The summed E-state index contributed by atoms with van der Waals surface area (Å²) in [5.41, 5.74) is 5.47. The van der Waals surface area contributed by atoms with Gasteiger partial charge in [-0.15, -0.1) is 4.28 Å². The van der Waals surface area contributed by atoms with Gasteiger partial charge in [-0.3, -0.25) is 9.59 Å². The number of hydrogen-bond acceptors (Lipinski definition) is 7. The smallest absolute Gasteiger partial charge is 0.421 e. The van der Waals surface area contributed by atoms with Crippen LogP contribution in [-0.2, 0) is 41.3 Å². The van der Waals surface area contributed by atoms with Crippen molar-refractivity contribution >= 4 is 28.3 Å². The highest BCUT2D eigenvalue weighted by Gasteiger charge is 2.49. The van der Waals surface area contributed by atoms with E-state index in [1.807, 2.05) is 38.1 Å². The molecule has 3 N–H and O–H groups in total. The lowest BCUT2D eigenvalue weighted by molar-refractivity contribution is -0.146. The number of hydroxylamine groups is 2. The summed E-state index contributed by atoms with van der Waals surface area (Å²) in [5, 5.41) is 10.2. The second-order valence-electron chi connectivity index (χ2n) is 10.6. The largest absolute Gasteiger partial charge is 0.481 e. The van der Waals surface area contributed by atoms with E-state index < -0.39 is 51.2 Å². The molecule has 3 rings (SSSR count). The zero-order valence-electron chi connectivity index (χ0n) is 20.4. The fraction of sp³-hybridized carbons (Fsp3) is 0.609. The van der Waals surface area contributed by atoms with Crippen LogP contribution < -0.4 is 5.73 Å². The van der Waals surface area contributed by atoms with Crippen LogP contribution in [0.1, 0.15) is 51.7 Å². The first-order valence-electron chi connectivity index (χ1n) is 11.4. The van der Waals surface area contributed by atoms with Crippen LogP contribution in [0.25, 0.3) is 0 Å². The normalized spacial score (nSPS) is 20.9. The predicted molar refractivity (Wildman–Crippen MR) is 125 cm³/mol. The fourth-order valence-corrected chi connectivity index (χ4v) is 5.29. The van der Waals surface area contributed by atoms with Crippen LogP contribution in [0.15, 0.2) is 24.3 Å². The van der Waals surface area contributed by atoms with Gasteiger partial charge in [0.1, 0.15) is 6.04 Å². The minimum atomic E-state index is -4.57. The van der Waals surface area contributed by atoms with Crippen molar-refractivity contribution in [2.75, 3.05) is 13.2 Å². The summed E-state index contributed by atoms with van der Waals surface area (Å²) in [6.45, 7) is 6.86. The predicted octanol–water partition coefficient (Wildman–Crippen LogP) is 1.86. The average Bonchev–Trinajstić information content (AvgIpc) is 2.97. The van der Waals surface area contributed by atoms with Gasteiger partial charge in [-0.1, -0.05) is 38.1 Å². The van der Waals surface area contributed by atoms with Crippen molar-refractivity contribution in [3.05, 3.63) is 35.4 Å². The molecule has 0 aromatic heterocycles. The van der Waals surface area contributed by atoms with Gasteiger partial charge in [0.25, 0.3) is 0 Å². The molecule has 11 nitrogen and oxygen atoms in total. The zero-order valence-corrected chi connectivity index (χ0v) is 21.2. The summed E-state index contributed by atoms with van der Waals surface area (Å²) in [6.07, 6.45) is 1.45. The number of amides is 3. The number of carboxylic acid groups (broad SMARTS) is 1. The van der Waals surface area contributed by atoms with Crippen LogP contribution in [0.5, 0.6) is 0 Å². The van der Waals surface area contributed by atoms with Gasteiger partial charge in [0.15, 0.2) is 0 Å². The van der Waals surface area contributed by atoms with E-state index in [-0.39, 0.29) is 13.2 Å². The summed E-state index contributed by atoms with van der Waals surface area (Å²) in [6, 6.07) is 5.37. The van der Waals surface area contributed by atoms with E-state index >= 15 is 0 Å². The summed E-state index contributed by atoms with van der Waals surface area (Å²) < 4.78 is 35.2. The number of piperidine rings is 1. The third-order valence-electron chi connectivity index (χ3n) is 6.42. The lowest BCUT2D eigenvalue weighted by Gasteiger charge is -2.28. The number of rotatable bonds is 11. The molecule has 2 heterocycles. The Morgan fingerprint density at radius 1 is 1.11 bits per heavy atom. The van der Waals surface area contributed by atoms with Crippen LogP contribution in [0.2, 0.25) is 0 Å². The molecule has 0 radical (unpaired) electrons. The molecule has 2 aliphatic heterocycles. The maximum absolute atomic E-state index is 12.6. The first-order chi connectivity index (χ1) is 16.1. The highest BCUT2D eigenvalue weighted by molar-refractivity contribution is 7.81. The van der Waals surface area contributed by atoms with Gasteiger partial charge in [0.2, 0.25) is 5.91 Å². The fourth-order valence-electron chi connectivity index (χ4n) is 4.40. The molecule has 0 saturated carbocycles. The van der Waals surface area contributed by atoms with Gasteiger partial charge in [-0.25, -0.2) is 8.98 Å². The molecule has 1 aromatic carbocycles. The Morgan fingerprint density at radius 3 is 2.29 bits per heavy atom. The summed E-state index contributed by atoms with van der Waals surface area (Å²) in [4.78, 5) is 36.9. The number of benzene rings is 1. The van der Waals surface area contributed by atoms with E-state index in [2.05, 4.69) is 0 Å². The second-order valence-corrected chi connectivity index (χ2v) is 11.8. The van der Waals surface area contributed by atoms with Crippen LogP contribution in [0.3, 0.4) is 0 Å². The van der Waals surface area contributed by atoms with Crippen molar-refractivity contribution in [2.24, 2.45) is 16.6 Å². The molecule has 0 unspecified atom stereocenters. The first-order valence-corrected chi connectivity index (χ1v) is 12.7. The van der Waals surface area contributed by atoms with Crippen molar-refractivity contribution < 1.29 is 36.4 Å². The monoisotopic (exact) mass is 511 g/mol. The Bertz CT molecular complexity index is 1100. The lowest BCUT2D eigenvalue weighted by atomic mass is 9.80.